The van der Waals surface area contributed by atoms with E-state index in [1.54, 1.807) is 25.2 Å². The molecule has 10 rings (SSSR count). The summed E-state index contributed by atoms with van der Waals surface area (Å²) >= 11 is 0. The molecule has 1 spiro atoms. The molecule has 0 unspecified atom stereocenters. The number of benzene rings is 1. The van der Waals surface area contributed by atoms with Crippen LogP contribution in [0.25, 0.3) is 0 Å². The molecule has 28 atom stereocenters. The SMILES string of the molecule is CNc1ccccc1C(=O)O[C@H]1C[C@@]2(C)[C@@H](C[C@@]1(C)C=O)[C@@]13O[C@@H]1C[C@@H]1[C@@]4(C)CC[C@H](O[C@@H]5OC[C@H](O[C@@H]6O[C@H](CO)[C@@H](O)[C@H](O)[C@H]6O)[C@H](O)[C@H]5O[C@@H]5O[C@H](CO)[C@@H](O)[C@H](O)[C@H]5O)[C@@](C)(CO)[C@@H]4CC[C@@]1(C)[C@]3(C)C[C@@H]2O. The fraction of sp³-hybridized carbons (Fsp3) is 0.855. The van der Waals surface area contributed by atoms with Crippen LogP contribution in [0.4, 0.5) is 5.69 Å². The molecule has 5 saturated carbocycles. The number of nitrogens with one attached hydrogen (secondary N) is 1. The predicted octanol–water partition coefficient (Wildman–Crippen LogP) is -0.509. The standard InChI is InChI=1S/C55H83NO21/c1-49(23-59)17-32-51(3,19-36(49)74-45(69)25-10-8-9-11-26(25)56-7)33(61)18-54(6)53(5)15-12-30-50(2,31(53)16-35-55(32,54)77-35)14-13-34(52(30,4)24-60)75-48-44(76-47-43(68)41(66)38(63)28(21-58)72-47)39(64)29(22-70-48)73-46-42(67)40(65)37(62)27(20-57)71-46/h8-11,23,27-44,46-48,56-58,60-68H,12-22,24H2,1-7H3/t27-,28-,29+,30-,31-,32-,33+,34+,35-,36+,37-,38-,39+,40+,41+,42-,43-,44-,46+,47+,48+,49+,50+,51+,52+,53-,54+,55-/m1/s1. The zero-order valence-corrected chi connectivity index (χ0v) is 45.0. The number of anilines is 1. The van der Waals surface area contributed by atoms with Gasteiger partial charge in [0.2, 0.25) is 0 Å². The summed E-state index contributed by atoms with van der Waals surface area (Å²) in [4.78, 5) is 27.2. The minimum absolute atomic E-state index is 0.0418. The number of epoxide rings is 1. The molecule has 1 aromatic rings. The van der Waals surface area contributed by atoms with Crippen molar-refractivity contribution in [2.75, 3.05) is 38.8 Å². The first kappa shape index (κ1) is 57.7. The molecule has 0 aromatic heterocycles. The third-order valence-corrected chi connectivity index (χ3v) is 22.1. The van der Waals surface area contributed by atoms with Crippen molar-refractivity contribution in [1.29, 1.82) is 0 Å². The Morgan fingerprint density at radius 3 is 1.95 bits per heavy atom. The van der Waals surface area contributed by atoms with Crippen molar-refractivity contribution in [3.8, 4) is 0 Å². The number of rotatable bonds is 13. The lowest BCUT2D eigenvalue weighted by Crippen LogP contribution is -2.74. The molecule has 0 bridgehead atoms. The van der Waals surface area contributed by atoms with E-state index in [0.717, 1.165) is 6.29 Å². The molecule has 1 aromatic carbocycles. The molecule has 4 saturated heterocycles. The van der Waals surface area contributed by atoms with Crippen LogP contribution in [0.1, 0.15) is 103 Å². The molecule has 4 aliphatic heterocycles. The Hall–Kier alpha value is -2.56. The van der Waals surface area contributed by atoms with Gasteiger partial charge in [0.1, 0.15) is 85.1 Å². The Kier molecular flexibility index (Phi) is 15.3. The van der Waals surface area contributed by atoms with E-state index in [2.05, 4.69) is 33.0 Å². The molecule has 0 radical (unpaired) electrons. The minimum Gasteiger partial charge on any atom is -0.458 e. The number of aldehydes is 1. The molecular formula is C55H83NO21. The van der Waals surface area contributed by atoms with Crippen molar-refractivity contribution in [2.45, 2.75) is 209 Å². The van der Waals surface area contributed by atoms with Crippen LogP contribution in [-0.4, -0.2) is 218 Å². The summed E-state index contributed by atoms with van der Waals surface area (Å²) < 4.78 is 50.0. The van der Waals surface area contributed by atoms with Crippen LogP contribution in [0.3, 0.4) is 0 Å². The number of para-hydroxylation sites is 1. The molecule has 9 aliphatic rings. The highest BCUT2D eigenvalue weighted by Crippen LogP contribution is 2.83. The van der Waals surface area contributed by atoms with E-state index >= 15 is 0 Å². The number of fused-ring (bicyclic) bond motifs is 5. The molecule has 12 N–H and O–H groups in total. The lowest BCUT2D eigenvalue weighted by atomic mass is 9.31. The Bertz CT molecular complexity index is 2330. The van der Waals surface area contributed by atoms with Crippen LogP contribution in [0, 0.1) is 50.2 Å². The molecule has 22 heteroatoms. The summed E-state index contributed by atoms with van der Waals surface area (Å²) in [7, 11) is 1.72. The van der Waals surface area contributed by atoms with E-state index in [0.29, 0.717) is 56.2 Å². The lowest BCUT2D eigenvalue weighted by Gasteiger charge is -2.73. The summed E-state index contributed by atoms with van der Waals surface area (Å²) in [6, 6.07) is 7.04. The Morgan fingerprint density at radius 1 is 0.701 bits per heavy atom. The largest absolute Gasteiger partial charge is 0.458 e. The smallest absolute Gasteiger partial charge is 0.340 e. The van der Waals surface area contributed by atoms with Gasteiger partial charge < -0.3 is 104 Å². The maximum absolute atomic E-state index is 13.8. The van der Waals surface area contributed by atoms with Crippen LogP contribution in [-0.2, 0) is 42.7 Å². The van der Waals surface area contributed by atoms with Gasteiger partial charge in [-0.1, -0.05) is 46.8 Å². The van der Waals surface area contributed by atoms with Gasteiger partial charge in [0.05, 0.1) is 55.7 Å². The van der Waals surface area contributed by atoms with Gasteiger partial charge in [-0.2, -0.15) is 0 Å². The number of carbonyl (C=O) groups is 2. The van der Waals surface area contributed by atoms with Crippen molar-refractivity contribution in [1.82, 2.24) is 0 Å². The highest BCUT2D eigenvalue weighted by atomic mass is 16.8. The first-order chi connectivity index (χ1) is 36.3. The summed E-state index contributed by atoms with van der Waals surface area (Å²) in [6.07, 6.45) is -20.7. The maximum Gasteiger partial charge on any atom is 0.340 e. The molecule has 22 nitrogen and oxygen atoms in total. The maximum atomic E-state index is 13.8. The van der Waals surface area contributed by atoms with E-state index in [-0.39, 0.29) is 36.9 Å². The number of aliphatic hydroxyl groups is 11. The second kappa shape index (κ2) is 20.4. The summed E-state index contributed by atoms with van der Waals surface area (Å²) in [6.45, 7) is 10.5. The zero-order valence-electron chi connectivity index (χ0n) is 45.0. The van der Waals surface area contributed by atoms with E-state index in [9.17, 15) is 65.8 Å². The fourth-order valence-electron chi connectivity index (χ4n) is 17.2. The number of carbonyl (C=O) groups excluding carboxylic acids is 2. The average Bonchev–Trinajstić information content (AvgIpc) is 2.98. The normalized spacial score (nSPS) is 54.1. The zero-order chi connectivity index (χ0) is 55.7. The van der Waals surface area contributed by atoms with E-state index in [1.807, 2.05) is 19.9 Å². The highest BCUT2D eigenvalue weighted by Gasteiger charge is 2.86. The van der Waals surface area contributed by atoms with Crippen LogP contribution in [0.5, 0.6) is 0 Å². The molecule has 77 heavy (non-hydrogen) atoms. The molecule has 434 valence electrons. The second-order valence-corrected chi connectivity index (χ2v) is 25.7. The van der Waals surface area contributed by atoms with Gasteiger partial charge in [-0.05, 0) is 93.1 Å². The van der Waals surface area contributed by atoms with Gasteiger partial charge in [-0.3, -0.25) is 0 Å². The fourth-order valence-corrected chi connectivity index (χ4v) is 17.2. The van der Waals surface area contributed by atoms with Crippen LogP contribution < -0.4 is 5.32 Å². The topological polar surface area (TPSA) is 346 Å². The average molecular weight is 1090 g/mol. The second-order valence-electron chi connectivity index (χ2n) is 25.7. The van der Waals surface area contributed by atoms with Crippen LogP contribution >= 0.6 is 0 Å². The van der Waals surface area contributed by atoms with Crippen LogP contribution in [0.2, 0.25) is 0 Å². The number of aliphatic hydroxyl groups excluding tert-OH is 11. The monoisotopic (exact) mass is 1090 g/mol. The molecule has 5 aliphatic carbocycles. The van der Waals surface area contributed by atoms with Gasteiger partial charge in [0.15, 0.2) is 18.9 Å². The molecule has 0 amide bonds. The summed E-state index contributed by atoms with van der Waals surface area (Å²) in [5.41, 5.74) is -3.87. The molecule has 4 heterocycles. The molecule has 9 fully saturated rings. The summed E-state index contributed by atoms with van der Waals surface area (Å²) in [5.74, 6) is -0.900. The minimum atomic E-state index is -1.89. The van der Waals surface area contributed by atoms with Crippen molar-refractivity contribution < 1.29 is 104 Å². The summed E-state index contributed by atoms with van der Waals surface area (Å²) in [5, 5.41) is 123. The number of ether oxygens (including phenoxy) is 8. The van der Waals surface area contributed by atoms with Crippen molar-refractivity contribution >= 4 is 17.9 Å². The predicted molar refractivity (Wildman–Crippen MR) is 266 cm³/mol. The van der Waals surface area contributed by atoms with E-state index < -0.39 is 168 Å². The third-order valence-electron chi connectivity index (χ3n) is 22.1. The quantitative estimate of drug-likeness (QED) is 0.0512. The van der Waals surface area contributed by atoms with Gasteiger partial charge in [0.25, 0.3) is 0 Å². The Labute approximate surface area is 448 Å². The molecular weight excluding hydrogens is 1010 g/mol. The van der Waals surface area contributed by atoms with Gasteiger partial charge in [-0.15, -0.1) is 0 Å². The first-order valence-corrected chi connectivity index (χ1v) is 27.6. The van der Waals surface area contributed by atoms with E-state index in [4.69, 9.17) is 37.9 Å². The van der Waals surface area contributed by atoms with Gasteiger partial charge in [0, 0.05) is 34.9 Å². The first-order valence-electron chi connectivity index (χ1n) is 27.6. The van der Waals surface area contributed by atoms with Gasteiger partial charge >= 0.3 is 5.97 Å². The highest BCUT2D eigenvalue weighted by molar-refractivity contribution is 5.95. The van der Waals surface area contributed by atoms with E-state index in [1.165, 1.54) is 0 Å². The van der Waals surface area contributed by atoms with Gasteiger partial charge in [-0.25, -0.2) is 4.79 Å². The number of hydrogen-bond acceptors (Lipinski definition) is 22. The van der Waals surface area contributed by atoms with Crippen molar-refractivity contribution in [3.63, 3.8) is 0 Å². The Morgan fingerprint density at radius 2 is 1.34 bits per heavy atom. The lowest BCUT2D eigenvalue weighted by molar-refractivity contribution is -0.383. The number of hydrogen-bond donors (Lipinski definition) is 12. The van der Waals surface area contributed by atoms with Crippen molar-refractivity contribution in [3.05, 3.63) is 29.8 Å². The van der Waals surface area contributed by atoms with Crippen molar-refractivity contribution in [2.24, 2.45) is 50.2 Å². The number of esters is 1. The third kappa shape index (κ3) is 8.54. The van der Waals surface area contributed by atoms with Crippen LogP contribution in [0.15, 0.2) is 24.3 Å². The Balaban J connectivity index is 0.899.